The van der Waals surface area contributed by atoms with Crippen LogP contribution >= 0.6 is 0 Å². The standard InChI is InChI=1S/C16H31NO/c1-3-5-8-14-9-7-12-17-13-11-15(10-6-4-2)18-16(14)17/h14-16H,3-13H2,1-2H3/t14-,15-,16+/m0/s1. The molecule has 0 radical (unpaired) electrons. The second-order valence-electron chi connectivity index (χ2n) is 6.16. The summed E-state index contributed by atoms with van der Waals surface area (Å²) in [4.78, 5) is 2.62. The van der Waals surface area contributed by atoms with E-state index in [9.17, 15) is 0 Å². The van der Waals surface area contributed by atoms with Crippen LogP contribution in [0.3, 0.4) is 0 Å². The summed E-state index contributed by atoms with van der Waals surface area (Å²) in [6, 6.07) is 0. The highest BCUT2D eigenvalue weighted by Gasteiger charge is 2.36. The van der Waals surface area contributed by atoms with Gasteiger partial charge in [0.25, 0.3) is 0 Å². The highest BCUT2D eigenvalue weighted by molar-refractivity contribution is 4.83. The largest absolute Gasteiger partial charge is 0.360 e. The lowest BCUT2D eigenvalue weighted by Gasteiger charge is -2.46. The Morgan fingerprint density at radius 1 is 1.00 bits per heavy atom. The predicted molar refractivity (Wildman–Crippen MR) is 76.6 cm³/mol. The average molecular weight is 253 g/mol. The third-order valence-electron chi connectivity index (χ3n) is 4.66. The third-order valence-corrected chi connectivity index (χ3v) is 4.66. The summed E-state index contributed by atoms with van der Waals surface area (Å²) < 4.78 is 6.43. The number of hydrogen-bond donors (Lipinski definition) is 0. The first-order valence-corrected chi connectivity index (χ1v) is 8.24. The van der Waals surface area contributed by atoms with E-state index >= 15 is 0 Å². The second-order valence-corrected chi connectivity index (χ2v) is 6.16. The van der Waals surface area contributed by atoms with Crippen molar-refractivity contribution in [1.29, 1.82) is 0 Å². The Morgan fingerprint density at radius 3 is 2.56 bits per heavy atom. The topological polar surface area (TPSA) is 12.5 Å². The van der Waals surface area contributed by atoms with Crippen molar-refractivity contribution in [2.75, 3.05) is 13.1 Å². The van der Waals surface area contributed by atoms with Gasteiger partial charge in [0.05, 0.1) is 6.10 Å². The zero-order chi connectivity index (χ0) is 12.8. The van der Waals surface area contributed by atoms with Crippen LogP contribution in [-0.2, 0) is 4.74 Å². The van der Waals surface area contributed by atoms with Crippen LogP contribution in [0.1, 0.15) is 71.6 Å². The SMILES string of the molecule is CCCC[C@H]1CCN2CCC[C@H](CCCC)[C@H]2O1. The summed E-state index contributed by atoms with van der Waals surface area (Å²) in [6.07, 6.45) is 13.0. The van der Waals surface area contributed by atoms with Gasteiger partial charge in [-0.1, -0.05) is 39.5 Å². The van der Waals surface area contributed by atoms with Crippen molar-refractivity contribution in [3.63, 3.8) is 0 Å². The van der Waals surface area contributed by atoms with E-state index in [1.807, 2.05) is 0 Å². The minimum Gasteiger partial charge on any atom is -0.360 e. The van der Waals surface area contributed by atoms with Gasteiger partial charge >= 0.3 is 0 Å². The first kappa shape index (κ1) is 14.3. The van der Waals surface area contributed by atoms with Crippen molar-refractivity contribution in [3.05, 3.63) is 0 Å². The Hall–Kier alpha value is -0.0800. The van der Waals surface area contributed by atoms with Crippen LogP contribution in [0.15, 0.2) is 0 Å². The van der Waals surface area contributed by atoms with E-state index in [1.165, 1.54) is 70.9 Å². The van der Waals surface area contributed by atoms with Gasteiger partial charge in [0.1, 0.15) is 6.23 Å². The number of rotatable bonds is 6. The van der Waals surface area contributed by atoms with Crippen LogP contribution in [0.4, 0.5) is 0 Å². The fraction of sp³-hybridized carbons (Fsp3) is 1.00. The van der Waals surface area contributed by atoms with Crippen LogP contribution < -0.4 is 0 Å². The van der Waals surface area contributed by atoms with Crippen molar-refractivity contribution >= 4 is 0 Å². The van der Waals surface area contributed by atoms with Gasteiger partial charge in [-0.15, -0.1) is 0 Å². The van der Waals surface area contributed by atoms with Crippen LogP contribution in [-0.4, -0.2) is 30.3 Å². The predicted octanol–water partition coefficient (Wildman–Crippen LogP) is 4.19. The molecule has 0 aromatic carbocycles. The summed E-state index contributed by atoms with van der Waals surface area (Å²) in [5.74, 6) is 0.808. The average Bonchev–Trinajstić information content (AvgIpc) is 2.42. The molecule has 0 saturated carbocycles. The monoisotopic (exact) mass is 253 g/mol. The summed E-state index contributed by atoms with van der Waals surface area (Å²) in [5, 5.41) is 0. The van der Waals surface area contributed by atoms with Crippen LogP contribution in [0.25, 0.3) is 0 Å². The highest BCUT2D eigenvalue weighted by Crippen LogP contribution is 2.33. The number of unbranched alkanes of at least 4 members (excludes halogenated alkanes) is 2. The molecule has 106 valence electrons. The summed E-state index contributed by atoms with van der Waals surface area (Å²) in [7, 11) is 0. The molecule has 2 heterocycles. The smallest absolute Gasteiger partial charge is 0.113 e. The molecule has 0 aliphatic carbocycles. The molecule has 2 nitrogen and oxygen atoms in total. The van der Waals surface area contributed by atoms with Crippen LogP contribution in [0, 0.1) is 5.92 Å². The minimum atomic E-state index is 0.459. The maximum atomic E-state index is 6.43. The van der Waals surface area contributed by atoms with Crippen LogP contribution in [0.5, 0.6) is 0 Å². The molecule has 0 amide bonds. The summed E-state index contributed by atoms with van der Waals surface area (Å²) in [5.41, 5.74) is 0. The fourth-order valence-corrected chi connectivity index (χ4v) is 3.53. The molecule has 2 aliphatic heterocycles. The van der Waals surface area contributed by atoms with E-state index < -0.39 is 0 Å². The fourth-order valence-electron chi connectivity index (χ4n) is 3.53. The van der Waals surface area contributed by atoms with Gasteiger partial charge in [-0.2, -0.15) is 0 Å². The molecule has 0 aromatic rings. The van der Waals surface area contributed by atoms with Gasteiger partial charge < -0.3 is 4.74 Å². The lowest BCUT2D eigenvalue weighted by Crippen LogP contribution is -2.52. The van der Waals surface area contributed by atoms with Crippen molar-refractivity contribution in [1.82, 2.24) is 4.90 Å². The molecular weight excluding hydrogens is 222 g/mol. The van der Waals surface area contributed by atoms with E-state index in [-0.39, 0.29) is 0 Å². The molecule has 3 atom stereocenters. The Bertz CT molecular complexity index is 231. The minimum absolute atomic E-state index is 0.459. The zero-order valence-corrected chi connectivity index (χ0v) is 12.4. The molecule has 2 aliphatic rings. The van der Waals surface area contributed by atoms with E-state index in [2.05, 4.69) is 18.7 Å². The quantitative estimate of drug-likeness (QED) is 0.703. The molecule has 0 spiro atoms. The first-order chi connectivity index (χ1) is 8.85. The Balaban J connectivity index is 1.86. The lowest BCUT2D eigenvalue weighted by molar-refractivity contribution is -0.182. The normalized spacial score (nSPS) is 33.3. The molecule has 2 heteroatoms. The van der Waals surface area contributed by atoms with E-state index in [1.54, 1.807) is 0 Å². The molecule has 0 unspecified atom stereocenters. The van der Waals surface area contributed by atoms with Gasteiger partial charge in [-0.05, 0) is 38.0 Å². The summed E-state index contributed by atoms with van der Waals surface area (Å²) in [6.45, 7) is 7.13. The molecule has 0 N–H and O–H groups in total. The number of hydrogen-bond acceptors (Lipinski definition) is 2. The number of piperidine rings is 1. The molecule has 2 rings (SSSR count). The molecular formula is C16H31NO. The Labute approximate surface area is 113 Å². The Morgan fingerprint density at radius 2 is 1.78 bits per heavy atom. The zero-order valence-electron chi connectivity index (χ0n) is 12.4. The van der Waals surface area contributed by atoms with Gasteiger partial charge in [0.2, 0.25) is 0 Å². The lowest BCUT2D eigenvalue weighted by atomic mass is 9.89. The molecule has 0 aromatic heterocycles. The molecule has 2 fully saturated rings. The van der Waals surface area contributed by atoms with Crippen LogP contribution in [0.2, 0.25) is 0 Å². The number of nitrogens with zero attached hydrogens (tertiary/aromatic N) is 1. The summed E-state index contributed by atoms with van der Waals surface area (Å²) >= 11 is 0. The second kappa shape index (κ2) is 7.49. The molecule has 18 heavy (non-hydrogen) atoms. The molecule has 0 bridgehead atoms. The first-order valence-electron chi connectivity index (χ1n) is 8.24. The van der Waals surface area contributed by atoms with Gasteiger partial charge in [-0.3, -0.25) is 4.90 Å². The van der Waals surface area contributed by atoms with Crippen molar-refractivity contribution in [3.8, 4) is 0 Å². The molecule has 2 saturated heterocycles. The van der Waals surface area contributed by atoms with E-state index in [0.29, 0.717) is 12.3 Å². The van der Waals surface area contributed by atoms with Gasteiger partial charge in [0, 0.05) is 13.1 Å². The van der Waals surface area contributed by atoms with E-state index in [0.717, 1.165) is 5.92 Å². The van der Waals surface area contributed by atoms with E-state index in [4.69, 9.17) is 4.74 Å². The van der Waals surface area contributed by atoms with Crippen molar-refractivity contribution in [2.45, 2.75) is 84.0 Å². The maximum absolute atomic E-state index is 6.43. The number of ether oxygens (including phenoxy) is 1. The van der Waals surface area contributed by atoms with Crippen molar-refractivity contribution < 1.29 is 4.74 Å². The van der Waals surface area contributed by atoms with Gasteiger partial charge in [0.15, 0.2) is 0 Å². The van der Waals surface area contributed by atoms with Gasteiger partial charge in [-0.25, -0.2) is 0 Å². The highest BCUT2D eigenvalue weighted by atomic mass is 16.5. The number of fused-ring (bicyclic) bond motifs is 1. The third kappa shape index (κ3) is 3.71. The Kier molecular flexibility index (Phi) is 5.97. The van der Waals surface area contributed by atoms with Crippen molar-refractivity contribution in [2.24, 2.45) is 5.92 Å². The maximum Gasteiger partial charge on any atom is 0.113 e.